The van der Waals surface area contributed by atoms with Crippen LogP contribution in [-0.4, -0.2) is 19.9 Å². The molecule has 10 rings (SSSR count). The van der Waals surface area contributed by atoms with Gasteiger partial charge < -0.3 is 4.42 Å². The second-order valence-electron chi connectivity index (χ2n) is 13.1. The average molecular weight is 679 g/mol. The van der Waals surface area contributed by atoms with E-state index in [0.29, 0.717) is 23.4 Å². The lowest BCUT2D eigenvalue weighted by Gasteiger charge is -2.10. The molecule has 5 heteroatoms. The Balaban J connectivity index is 1.04. The lowest BCUT2D eigenvalue weighted by Crippen LogP contribution is -2.00. The minimum Gasteiger partial charge on any atom is -0.435 e. The molecule has 0 aliphatic heterocycles. The van der Waals surface area contributed by atoms with Crippen LogP contribution in [-0.2, 0) is 0 Å². The van der Waals surface area contributed by atoms with Crippen molar-refractivity contribution in [3.63, 3.8) is 0 Å². The van der Waals surface area contributed by atoms with Crippen LogP contribution in [0.15, 0.2) is 186 Å². The molecule has 0 aliphatic carbocycles. The molecule has 0 saturated heterocycles. The Morgan fingerprint density at radius 3 is 1.49 bits per heavy atom. The van der Waals surface area contributed by atoms with Crippen molar-refractivity contribution in [3.05, 3.63) is 182 Å². The van der Waals surface area contributed by atoms with Gasteiger partial charge in [-0.15, -0.1) is 0 Å². The number of hydrogen-bond donors (Lipinski definition) is 0. The van der Waals surface area contributed by atoms with Crippen LogP contribution < -0.4 is 0 Å². The highest BCUT2D eigenvalue weighted by Gasteiger charge is 2.17. The molecule has 8 aromatic carbocycles. The smallest absolute Gasteiger partial charge is 0.227 e. The highest BCUT2D eigenvalue weighted by atomic mass is 16.3. The Morgan fingerprint density at radius 2 is 0.811 bits per heavy atom. The third kappa shape index (κ3) is 5.71. The second kappa shape index (κ2) is 12.8. The maximum Gasteiger partial charge on any atom is 0.227 e. The molecule has 0 bridgehead atoms. The van der Waals surface area contributed by atoms with Gasteiger partial charge in [0.2, 0.25) is 5.89 Å². The van der Waals surface area contributed by atoms with Crippen LogP contribution in [0, 0.1) is 0 Å². The van der Waals surface area contributed by atoms with Gasteiger partial charge in [-0.3, -0.25) is 0 Å². The van der Waals surface area contributed by atoms with E-state index >= 15 is 0 Å². The van der Waals surface area contributed by atoms with Crippen molar-refractivity contribution in [2.45, 2.75) is 0 Å². The van der Waals surface area contributed by atoms with Crippen LogP contribution >= 0.6 is 0 Å². The summed E-state index contributed by atoms with van der Waals surface area (Å²) in [7, 11) is 0. The van der Waals surface area contributed by atoms with Gasteiger partial charge >= 0.3 is 0 Å². The van der Waals surface area contributed by atoms with Gasteiger partial charge in [0.15, 0.2) is 23.1 Å². The molecule has 0 unspecified atom stereocenters. The Bertz CT molecular complexity index is 2920. The van der Waals surface area contributed by atoms with Crippen LogP contribution in [0.4, 0.5) is 0 Å². The van der Waals surface area contributed by atoms with E-state index in [2.05, 4.69) is 140 Å². The first-order chi connectivity index (χ1) is 26.2. The van der Waals surface area contributed by atoms with Gasteiger partial charge in [-0.05, 0) is 56.6 Å². The number of rotatable bonds is 6. The van der Waals surface area contributed by atoms with Gasteiger partial charge in [0.25, 0.3) is 0 Å². The molecular formula is C48H30N4O. The molecule has 0 spiro atoms. The largest absolute Gasteiger partial charge is 0.435 e. The van der Waals surface area contributed by atoms with Crippen molar-refractivity contribution in [1.29, 1.82) is 0 Å². The summed E-state index contributed by atoms with van der Waals surface area (Å²) in [6, 6.07) is 62.4. The fourth-order valence-electron chi connectivity index (χ4n) is 7.03. The number of nitrogens with zero attached hydrogens (tertiary/aromatic N) is 4. The first-order valence-electron chi connectivity index (χ1n) is 17.6. The fraction of sp³-hybridized carbons (Fsp3) is 0. The zero-order valence-electron chi connectivity index (χ0n) is 28.5. The van der Waals surface area contributed by atoms with Crippen molar-refractivity contribution < 1.29 is 4.42 Å². The van der Waals surface area contributed by atoms with E-state index in [1.165, 1.54) is 10.9 Å². The summed E-state index contributed by atoms with van der Waals surface area (Å²) in [4.78, 5) is 19.8. The molecule has 2 aromatic heterocycles. The molecule has 0 aliphatic rings. The number of oxazole rings is 1. The molecule has 0 atom stereocenters. The molecule has 0 radical (unpaired) electrons. The lowest BCUT2D eigenvalue weighted by molar-refractivity contribution is 0.623. The van der Waals surface area contributed by atoms with Gasteiger partial charge in [-0.2, -0.15) is 0 Å². The summed E-state index contributed by atoms with van der Waals surface area (Å²) in [5.74, 6) is 2.48. The van der Waals surface area contributed by atoms with Crippen LogP contribution in [0.5, 0.6) is 0 Å². The molecule has 53 heavy (non-hydrogen) atoms. The minimum atomic E-state index is 0.609. The maximum atomic E-state index is 6.58. The van der Waals surface area contributed by atoms with Crippen LogP contribution in [0.1, 0.15) is 0 Å². The molecule has 5 nitrogen and oxygen atoms in total. The van der Waals surface area contributed by atoms with E-state index in [4.69, 9.17) is 24.4 Å². The summed E-state index contributed by atoms with van der Waals surface area (Å²) in [6.45, 7) is 0. The number of fused-ring (bicyclic) bond motifs is 4. The van der Waals surface area contributed by atoms with Gasteiger partial charge in [0.05, 0.1) is 0 Å². The number of benzene rings is 8. The van der Waals surface area contributed by atoms with Crippen molar-refractivity contribution in [1.82, 2.24) is 19.9 Å². The zero-order valence-corrected chi connectivity index (χ0v) is 28.5. The monoisotopic (exact) mass is 678 g/mol. The number of aromatic nitrogens is 4. The average Bonchev–Trinajstić information content (AvgIpc) is 3.69. The third-order valence-electron chi connectivity index (χ3n) is 9.77. The predicted octanol–water partition coefficient (Wildman–Crippen LogP) is 12.3. The van der Waals surface area contributed by atoms with Crippen LogP contribution in [0.2, 0.25) is 0 Å². The lowest BCUT2D eigenvalue weighted by atomic mass is 9.96. The summed E-state index contributed by atoms with van der Waals surface area (Å²) in [5, 5.41) is 4.46. The summed E-state index contributed by atoms with van der Waals surface area (Å²) >= 11 is 0. The van der Waals surface area contributed by atoms with Crippen LogP contribution in [0.25, 0.3) is 101 Å². The molecule has 248 valence electrons. The molecular weight excluding hydrogens is 649 g/mol. The van der Waals surface area contributed by atoms with E-state index < -0.39 is 0 Å². The van der Waals surface area contributed by atoms with Crippen LogP contribution in [0.3, 0.4) is 0 Å². The Labute approximate surface area is 305 Å². The zero-order chi connectivity index (χ0) is 35.1. The SMILES string of the molecule is c1ccc(-c2ccc(-c3nc(-c4ccccc4)nc(-c4ccc(-c5cccc6ccc7nc(-c8ccc9ccccc9c8)oc7c56)cc4)n3)cc2)cc1. The van der Waals surface area contributed by atoms with E-state index in [1.807, 2.05) is 42.5 Å². The molecule has 0 amide bonds. The Kier molecular flexibility index (Phi) is 7.40. The van der Waals surface area contributed by atoms with Gasteiger partial charge in [-0.25, -0.2) is 19.9 Å². The Hall–Kier alpha value is -7.24. The van der Waals surface area contributed by atoms with E-state index in [0.717, 1.165) is 66.2 Å². The summed E-state index contributed by atoms with van der Waals surface area (Å²) in [5.41, 5.74) is 9.76. The quantitative estimate of drug-likeness (QED) is 0.175. The van der Waals surface area contributed by atoms with Gasteiger partial charge in [0, 0.05) is 27.6 Å². The Morgan fingerprint density at radius 1 is 0.321 bits per heavy atom. The van der Waals surface area contributed by atoms with Crippen molar-refractivity contribution in [2.24, 2.45) is 0 Å². The fourth-order valence-corrected chi connectivity index (χ4v) is 7.03. The van der Waals surface area contributed by atoms with Gasteiger partial charge in [0.1, 0.15) is 5.52 Å². The first-order valence-corrected chi connectivity index (χ1v) is 17.6. The van der Waals surface area contributed by atoms with E-state index in [1.54, 1.807) is 0 Å². The molecule has 10 aromatic rings. The first kappa shape index (κ1) is 30.6. The highest BCUT2D eigenvalue weighted by Crippen LogP contribution is 2.38. The predicted molar refractivity (Wildman–Crippen MR) is 215 cm³/mol. The van der Waals surface area contributed by atoms with Crippen molar-refractivity contribution in [3.8, 4) is 67.9 Å². The molecule has 0 fully saturated rings. The third-order valence-corrected chi connectivity index (χ3v) is 9.77. The standard InChI is InChI=1S/C48H30N4O/c1-3-10-31(11-4-1)33-18-23-37(24-19-33)46-50-45(36-13-5-2-6-14-36)51-47(52-46)38-25-21-34(22-26-38)41-17-9-16-35-28-29-42-44(43(35)41)53-48(49-42)40-27-20-32-12-7-8-15-39(32)30-40/h1-30H. The maximum absolute atomic E-state index is 6.58. The van der Waals surface area contributed by atoms with E-state index in [-0.39, 0.29) is 0 Å². The van der Waals surface area contributed by atoms with Crippen molar-refractivity contribution in [2.75, 3.05) is 0 Å². The van der Waals surface area contributed by atoms with Crippen molar-refractivity contribution >= 4 is 32.6 Å². The minimum absolute atomic E-state index is 0.609. The molecule has 0 N–H and O–H groups in total. The second-order valence-corrected chi connectivity index (χ2v) is 13.1. The highest BCUT2D eigenvalue weighted by molar-refractivity contribution is 6.11. The van der Waals surface area contributed by atoms with E-state index in [9.17, 15) is 0 Å². The molecule has 0 saturated carbocycles. The van der Waals surface area contributed by atoms with Gasteiger partial charge in [-0.1, -0.05) is 164 Å². The summed E-state index contributed by atoms with van der Waals surface area (Å²) < 4.78 is 6.58. The normalized spacial score (nSPS) is 11.4. The molecule has 2 heterocycles. The number of hydrogen-bond acceptors (Lipinski definition) is 5. The summed E-state index contributed by atoms with van der Waals surface area (Å²) in [6.07, 6.45) is 0. The topological polar surface area (TPSA) is 64.7 Å².